The average molecular weight is 573 g/mol. The molecule has 0 aliphatic carbocycles. The van der Waals surface area contributed by atoms with Crippen molar-refractivity contribution in [3.63, 3.8) is 0 Å². The molecule has 0 aromatic heterocycles. The first-order valence-electron chi connectivity index (χ1n) is 12.2. The van der Waals surface area contributed by atoms with E-state index in [9.17, 15) is 24.0 Å². The molecule has 0 spiro atoms. The Hall–Kier alpha value is -2.91. The molecule has 0 aliphatic rings. The number of unbranched alkanes of at least 4 members (excludes halogenated alkanes) is 3. The molecule has 0 aromatic rings. The fraction of sp³-hybridized carbons (Fsp3) is 0.577. The van der Waals surface area contributed by atoms with Crippen LogP contribution in [0.1, 0.15) is 51.9 Å². The number of thioether (sulfide) groups is 2. The quantitative estimate of drug-likeness (QED) is 0.0357. The number of hydrogen-bond donors (Lipinski definition) is 0. The zero-order chi connectivity index (χ0) is 28.3. The normalized spacial score (nSPS) is 10.6. The van der Waals surface area contributed by atoms with Crippen LogP contribution in [0.4, 0.5) is 0 Å². The van der Waals surface area contributed by atoms with Crippen molar-refractivity contribution in [2.75, 3.05) is 44.5 Å². The average Bonchev–Trinajstić information content (AvgIpc) is 2.88. The molecule has 0 aliphatic heterocycles. The summed E-state index contributed by atoms with van der Waals surface area (Å²) in [5, 5.41) is 3.46. The molecule has 0 radical (unpaired) electrons. The zero-order valence-corrected chi connectivity index (χ0v) is 23.3. The monoisotopic (exact) mass is 572 g/mol. The summed E-state index contributed by atoms with van der Waals surface area (Å²) in [6.45, 7) is 2.21. The van der Waals surface area contributed by atoms with Crippen LogP contribution in [-0.4, -0.2) is 74.4 Å². The maximum absolute atomic E-state index is 11.7. The van der Waals surface area contributed by atoms with Crippen LogP contribution in [-0.2, 0) is 47.7 Å². The molecule has 0 aromatic carbocycles. The minimum atomic E-state index is -0.798. The van der Waals surface area contributed by atoms with Crippen LogP contribution >= 0.6 is 23.5 Å². The molecule has 0 saturated heterocycles. The van der Waals surface area contributed by atoms with Crippen LogP contribution in [0.25, 0.3) is 0 Å². The molecule has 0 saturated carbocycles. The highest BCUT2D eigenvalue weighted by Gasteiger charge is 2.12. The summed E-state index contributed by atoms with van der Waals surface area (Å²) in [7, 11) is 0. The Balaban J connectivity index is 3.56. The molecule has 0 bridgehead atoms. The van der Waals surface area contributed by atoms with E-state index in [1.165, 1.54) is 23.9 Å². The Morgan fingerprint density at radius 2 is 1.13 bits per heavy atom. The van der Waals surface area contributed by atoms with Gasteiger partial charge < -0.3 is 23.7 Å². The van der Waals surface area contributed by atoms with E-state index in [4.69, 9.17) is 25.4 Å². The van der Waals surface area contributed by atoms with Gasteiger partial charge in [0.1, 0.15) is 6.42 Å². The van der Waals surface area contributed by atoms with E-state index in [1.54, 1.807) is 35.4 Å². The highest BCUT2D eigenvalue weighted by atomic mass is 32.2. The second kappa shape index (κ2) is 25.7. The third kappa shape index (κ3) is 24.8. The summed E-state index contributed by atoms with van der Waals surface area (Å²) in [5.74, 6) is 0.539. The number of terminal acetylenes is 1. The summed E-state index contributed by atoms with van der Waals surface area (Å²) in [6.07, 6.45) is 11.9. The first-order valence-corrected chi connectivity index (χ1v) is 14.3. The fourth-order valence-corrected chi connectivity index (χ4v) is 3.82. The lowest BCUT2D eigenvalue weighted by Crippen LogP contribution is -2.16. The largest absolute Gasteiger partial charge is 0.465 e. The molecule has 0 heterocycles. The van der Waals surface area contributed by atoms with Crippen molar-refractivity contribution in [2.24, 2.45) is 0 Å². The molecule has 0 N–H and O–H groups in total. The van der Waals surface area contributed by atoms with E-state index in [0.29, 0.717) is 13.0 Å². The first-order chi connectivity index (χ1) is 18.4. The molecule has 12 heteroatoms. The highest BCUT2D eigenvalue weighted by molar-refractivity contribution is 8.02. The van der Waals surface area contributed by atoms with Gasteiger partial charge in [-0.3, -0.25) is 9.59 Å². The van der Waals surface area contributed by atoms with E-state index < -0.39 is 30.3 Å². The van der Waals surface area contributed by atoms with Gasteiger partial charge in [-0.15, -0.1) is 29.9 Å². The number of esters is 5. The molecule has 38 heavy (non-hydrogen) atoms. The van der Waals surface area contributed by atoms with Gasteiger partial charge in [-0.05, 0) is 42.1 Å². The smallest absolute Gasteiger partial charge is 0.384 e. The van der Waals surface area contributed by atoms with Gasteiger partial charge in [0.2, 0.25) is 0 Å². The lowest BCUT2D eigenvalue weighted by atomic mass is 10.2. The van der Waals surface area contributed by atoms with Crippen molar-refractivity contribution in [3.05, 3.63) is 23.0 Å². The van der Waals surface area contributed by atoms with Crippen molar-refractivity contribution in [1.82, 2.24) is 0 Å². The molecular weight excluding hydrogens is 536 g/mol. The van der Waals surface area contributed by atoms with E-state index >= 15 is 0 Å². The molecule has 0 rings (SSSR count). The second-order valence-corrected chi connectivity index (χ2v) is 9.31. The Morgan fingerprint density at radius 1 is 0.658 bits per heavy atom. The predicted molar refractivity (Wildman–Crippen MR) is 145 cm³/mol. The standard InChI is InChI=1S/C26H36O10S2/c1-3-22(27)33-13-9-15-35-25(30)21-26(31)36-16-10-14-34-24(29)12-20-38-18-8-6-5-7-17-37-19-11-23(28)32-4-2/h1,11-12,19-20H,4-10,13-18,21H2,2H3/b19-11+,20-12+. The highest BCUT2D eigenvalue weighted by Crippen LogP contribution is 2.12. The molecule has 0 atom stereocenters. The number of carbonyl (C=O) groups is 5. The van der Waals surface area contributed by atoms with Gasteiger partial charge in [-0.2, -0.15) is 0 Å². The third-order valence-corrected chi connectivity index (χ3v) is 5.85. The summed E-state index contributed by atoms with van der Waals surface area (Å²) >= 11 is 3.13. The topological polar surface area (TPSA) is 132 Å². The first kappa shape index (κ1) is 35.1. The minimum absolute atomic E-state index is 0.0000880. The maximum atomic E-state index is 11.7. The lowest BCUT2D eigenvalue weighted by Gasteiger charge is -2.06. The van der Waals surface area contributed by atoms with Gasteiger partial charge in [0.25, 0.3) is 0 Å². The van der Waals surface area contributed by atoms with E-state index in [-0.39, 0.29) is 38.8 Å². The number of carbonyl (C=O) groups excluding carboxylic acids is 5. The van der Waals surface area contributed by atoms with Crippen molar-refractivity contribution < 1.29 is 47.7 Å². The van der Waals surface area contributed by atoms with Gasteiger partial charge in [0.05, 0.1) is 33.0 Å². The molecule has 212 valence electrons. The SMILES string of the molecule is C#CC(=O)OCCCOC(=O)CC(=O)OCCCOC(=O)/C=C/SCCCCCCS/C=C/C(=O)OCC. The van der Waals surface area contributed by atoms with Crippen LogP contribution < -0.4 is 0 Å². The number of ether oxygens (including phenoxy) is 5. The van der Waals surface area contributed by atoms with Crippen molar-refractivity contribution in [3.8, 4) is 12.3 Å². The number of hydrogen-bond acceptors (Lipinski definition) is 12. The lowest BCUT2D eigenvalue weighted by molar-refractivity contribution is -0.155. The van der Waals surface area contributed by atoms with Gasteiger partial charge in [-0.1, -0.05) is 12.8 Å². The molecule has 0 fully saturated rings. The van der Waals surface area contributed by atoms with Gasteiger partial charge in [-0.25, -0.2) is 14.4 Å². The van der Waals surface area contributed by atoms with Crippen molar-refractivity contribution in [1.29, 1.82) is 0 Å². The van der Waals surface area contributed by atoms with E-state index in [1.807, 2.05) is 0 Å². The minimum Gasteiger partial charge on any atom is -0.465 e. The van der Waals surface area contributed by atoms with Crippen LogP contribution in [0.15, 0.2) is 23.0 Å². The van der Waals surface area contributed by atoms with E-state index in [0.717, 1.165) is 37.2 Å². The summed E-state index contributed by atoms with van der Waals surface area (Å²) in [5.41, 5.74) is 0. The predicted octanol–water partition coefficient (Wildman–Crippen LogP) is 3.58. The van der Waals surface area contributed by atoms with Crippen LogP contribution in [0.5, 0.6) is 0 Å². The van der Waals surface area contributed by atoms with Gasteiger partial charge in [0, 0.05) is 30.9 Å². The van der Waals surface area contributed by atoms with Crippen molar-refractivity contribution in [2.45, 2.75) is 51.9 Å². The van der Waals surface area contributed by atoms with E-state index in [2.05, 4.69) is 4.74 Å². The Kier molecular flexibility index (Phi) is 23.8. The summed E-state index contributed by atoms with van der Waals surface area (Å²) < 4.78 is 24.1. The maximum Gasteiger partial charge on any atom is 0.384 e. The second-order valence-electron chi connectivity index (χ2n) is 7.29. The van der Waals surface area contributed by atoms with Crippen LogP contribution in [0, 0.1) is 12.3 Å². The molecular formula is C26H36O10S2. The van der Waals surface area contributed by atoms with Crippen LogP contribution in [0.3, 0.4) is 0 Å². The third-order valence-electron chi connectivity index (χ3n) is 4.15. The summed E-state index contributed by atoms with van der Waals surface area (Å²) in [6, 6.07) is 0. The Bertz CT molecular complexity index is 817. The Morgan fingerprint density at radius 3 is 1.63 bits per heavy atom. The fourth-order valence-electron chi connectivity index (χ4n) is 2.40. The molecule has 10 nitrogen and oxygen atoms in total. The zero-order valence-electron chi connectivity index (χ0n) is 21.7. The van der Waals surface area contributed by atoms with Crippen LogP contribution in [0.2, 0.25) is 0 Å². The Labute approximate surface area is 232 Å². The van der Waals surface area contributed by atoms with Crippen molar-refractivity contribution >= 4 is 53.4 Å². The summed E-state index contributed by atoms with van der Waals surface area (Å²) in [4.78, 5) is 56.6. The van der Waals surface area contributed by atoms with Gasteiger partial charge >= 0.3 is 29.8 Å². The molecule has 0 unspecified atom stereocenters. The van der Waals surface area contributed by atoms with Gasteiger partial charge in [0.15, 0.2) is 0 Å². The number of rotatable bonds is 22. The molecule has 0 amide bonds.